The normalized spacial score (nSPS) is 16.8. The molecule has 4 atom stereocenters. The van der Waals surface area contributed by atoms with Gasteiger partial charge in [-0.05, 0) is 161 Å². The van der Waals surface area contributed by atoms with Gasteiger partial charge < -0.3 is 30.6 Å². The topological polar surface area (TPSA) is 146 Å². The average Bonchev–Trinajstić information content (AvgIpc) is 3.25. The molecular formula is C52H68N6O6. The predicted octanol–water partition coefficient (Wildman–Crippen LogP) is 5.68. The van der Waals surface area contributed by atoms with Crippen LogP contribution < -0.4 is 10.6 Å². The Morgan fingerprint density at radius 2 is 0.891 bits per heavy atom. The van der Waals surface area contributed by atoms with Crippen LogP contribution in [0.25, 0.3) is 0 Å². The number of hydrogen-bond acceptors (Lipinski definition) is 8. The number of rotatable bonds is 17. The van der Waals surface area contributed by atoms with E-state index in [0.717, 1.165) is 81.3 Å². The Balaban J connectivity index is 1.02. The van der Waals surface area contributed by atoms with Gasteiger partial charge in [-0.25, -0.2) is 0 Å². The number of nitrogens with one attached hydrogen (secondary N) is 2. The van der Waals surface area contributed by atoms with E-state index in [1.807, 2.05) is 114 Å². The molecule has 0 aliphatic carbocycles. The zero-order chi connectivity index (χ0) is 46.2. The Kier molecular flexibility index (Phi) is 15.9. The number of phenols is 2. The fraction of sp³-hybridized carbons (Fsp3) is 0.462. The number of amides is 4. The van der Waals surface area contributed by atoms with Crippen molar-refractivity contribution in [3.63, 3.8) is 0 Å². The van der Waals surface area contributed by atoms with Crippen LogP contribution in [0.4, 0.5) is 0 Å². The van der Waals surface area contributed by atoms with Crippen molar-refractivity contribution in [2.24, 2.45) is 0 Å². The summed E-state index contributed by atoms with van der Waals surface area (Å²) in [5.74, 6) is -0.127. The van der Waals surface area contributed by atoms with Crippen molar-refractivity contribution >= 4 is 23.6 Å². The van der Waals surface area contributed by atoms with Crippen LogP contribution in [-0.2, 0) is 58.0 Å². The third-order valence-electron chi connectivity index (χ3n) is 13.3. The van der Waals surface area contributed by atoms with Crippen molar-refractivity contribution in [1.29, 1.82) is 0 Å². The molecule has 64 heavy (non-hydrogen) atoms. The van der Waals surface area contributed by atoms with Crippen molar-refractivity contribution in [3.05, 3.63) is 128 Å². The molecule has 2 aliphatic heterocycles. The second kappa shape index (κ2) is 21.3. The van der Waals surface area contributed by atoms with Crippen LogP contribution in [0.15, 0.2) is 72.8 Å². The highest BCUT2D eigenvalue weighted by atomic mass is 16.3. The number of benzene rings is 4. The quantitative estimate of drug-likeness (QED) is 0.0994. The number of fused-ring (bicyclic) bond motifs is 2. The molecule has 0 spiro atoms. The summed E-state index contributed by atoms with van der Waals surface area (Å²) < 4.78 is 0. The maximum atomic E-state index is 14.4. The Bertz CT molecular complexity index is 2120. The molecule has 0 radical (unpaired) electrons. The fourth-order valence-electron chi connectivity index (χ4n) is 9.58. The Labute approximate surface area is 379 Å². The third-order valence-corrected chi connectivity index (χ3v) is 13.3. The number of carbonyl (C=O) groups is 4. The third kappa shape index (κ3) is 11.3. The van der Waals surface area contributed by atoms with Crippen molar-refractivity contribution in [1.82, 2.24) is 30.2 Å². The van der Waals surface area contributed by atoms with Crippen LogP contribution in [0.3, 0.4) is 0 Å². The lowest BCUT2D eigenvalue weighted by atomic mass is 9.91. The first kappa shape index (κ1) is 47.8. The van der Waals surface area contributed by atoms with Gasteiger partial charge in [0, 0.05) is 39.0 Å². The lowest BCUT2D eigenvalue weighted by Gasteiger charge is -2.39. The van der Waals surface area contributed by atoms with Gasteiger partial charge in [0.15, 0.2) is 0 Å². The van der Waals surface area contributed by atoms with E-state index in [0.29, 0.717) is 51.9 Å². The lowest BCUT2D eigenvalue weighted by Crippen LogP contribution is -2.57. The van der Waals surface area contributed by atoms with Crippen molar-refractivity contribution in [2.75, 3.05) is 41.3 Å². The number of unbranched alkanes of at least 4 members (excludes halogenated alkanes) is 3. The van der Waals surface area contributed by atoms with Crippen molar-refractivity contribution < 1.29 is 29.4 Å². The first-order chi connectivity index (χ1) is 30.5. The summed E-state index contributed by atoms with van der Waals surface area (Å²) in [4.78, 5) is 64.0. The second-order valence-corrected chi connectivity index (χ2v) is 18.4. The Hall–Kier alpha value is -5.72. The van der Waals surface area contributed by atoms with Gasteiger partial charge in [0.2, 0.25) is 23.6 Å². The molecule has 4 amide bonds. The Morgan fingerprint density at radius 1 is 0.562 bits per heavy atom. The monoisotopic (exact) mass is 873 g/mol. The number of likely N-dealkylation sites (N-methyl/N-ethyl adjacent to an activating group) is 2. The summed E-state index contributed by atoms with van der Waals surface area (Å²) in [5.41, 5.74) is 9.96. The molecular weight excluding hydrogens is 805 g/mol. The number of nitrogens with zero attached hydrogens (tertiary/aromatic N) is 4. The average molecular weight is 873 g/mol. The first-order valence-corrected chi connectivity index (χ1v) is 22.7. The molecule has 2 heterocycles. The zero-order valence-electron chi connectivity index (χ0n) is 39.0. The van der Waals surface area contributed by atoms with E-state index in [2.05, 4.69) is 10.6 Å². The molecule has 12 heteroatoms. The summed E-state index contributed by atoms with van der Waals surface area (Å²) in [6.45, 7) is 9.44. The fourth-order valence-corrected chi connectivity index (χ4v) is 9.58. The number of carbonyl (C=O) groups excluding carboxylic acids is 4. The molecule has 4 aromatic rings. The maximum absolute atomic E-state index is 14.4. The maximum Gasteiger partial charge on any atom is 0.243 e. The smallest absolute Gasteiger partial charge is 0.243 e. The first-order valence-electron chi connectivity index (χ1n) is 22.7. The van der Waals surface area contributed by atoms with E-state index in [1.54, 1.807) is 34.1 Å². The molecule has 0 fully saturated rings. The standard InChI is InChI=1S/C52H68N6O6/c1-33-23-41(59)24-34(2)43(33)29-47(55(5)6)51(63)57-31-39-19-13-11-17-37(39)27-45(57)49(61)53-21-15-9-10-16-22-54-50(62)46-28-38-18-12-14-20-40(38)32-58(46)52(64)48(56(7)8)30-44-35(3)25-42(60)26-36(44)4/h11-14,17-20,23-26,45-48,59-60H,9-10,15-16,21-22,27-32H2,1-8H3,(H,53,61)(H,54,62)/t45-,46-,47-,48-/m0/s1. The summed E-state index contributed by atoms with van der Waals surface area (Å²) in [5, 5.41) is 26.5. The van der Waals surface area contributed by atoms with Crippen LogP contribution >= 0.6 is 0 Å². The van der Waals surface area contributed by atoms with E-state index in [9.17, 15) is 29.4 Å². The van der Waals surface area contributed by atoms with E-state index < -0.39 is 24.2 Å². The van der Waals surface area contributed by atoms with Gasteiger partial charge in [-0.2, -0.15) is 0 Å². The molecule has 0 saturated carbocycles. The zero-order valence-corrected chi connectivity index (χ0v) is 39.0. The predicted molar refractivity (Wildman–Crippen MR) is 251 cm³/mol. The van der Waals surface area contributed by atoms with Crippen molar-refractivity contribution in [3.8, 4) is 11.5 Å². The minimum absolute atomic E-state index is 0.102. The Morgan fingerprint density at radius 3 is 1.22 bits per heavy atom. The molecule has 2 aliphatic rings. The molecule has 12 nitrogen and oxygen atoms in total. The molecule has 0 saturated heterocycles. The van der Waals surface area contributed by atoms with E-state index in [-0.39, 0.29) is 35.1 Å². The van der Waals surface area contributed by atoms with Gasteiger partial charge in [-0.1, -0.05) is 61.4 Å². The van der Waals surface area contributed by atoms with Gasteiger partial charge in [0.25, 0.3) is 0 Å². The number of phenolic OH excluding ortho intramolecular Hbond substituents is 2. The number of hydrogen-bond donors (Lipinski definition) is 4. The molecule has 0 unspecified atom stereocenters. The summed E-state index contributed by atoms with van der Waals surface area (Å²) in [7, 11) is 7.56. The van der Waals surface area contributed by atoms with Crippen LogP contribution in [-0.4, -0.2) is 119 Å². The van der Waals surface area contributed by atoms with Crippen LogP contribution in [0.2, 0.25) is 0 Å². The molecule has 6 rings (SSSR count). The molecule has 342 valence electrons. The number of aromatic hydroxyl groups is 2. The van der Waals surface area contributed by atoms with Gasteiger partial charge in [-0.3, -0.25) is 29.0 Å². The SMILES string of the molecule is Cc1cc(O)cc(C)c1C[C@@H](C(=O)N1Cc2ccccc2C[C@H]1C(=O)NCCCCCCNC(=O)[C@@H]1Cc2ccccc2CN1C(=O)[C@H](Cc1c(C)cc(O)cc1C)N(C)C)N(C)C. The van der Waals surface area contributed by atoms with Crippen LogP contribution in [0.1, 0.15) is 81.3 Å². The molecule has 4 aromatic carbocycles. The van der Waals surface area contributed by atoms with Crippen LogP contribution in [0, 0.1) is 27.7 Å². The highest BCUT2D eigenvalue weighted by molar-refractivity contribution is 5.92. The molecule has 0 aromatic heterocycles. The summed E-state index contributed by atoms with van der Waals surface area (Å²) in [6.07, 6.45) is 5.00. The number of aryl methyl sites for hydroxylation is 4. The van der Waals surface area contributed by atoms with E-state index in [4.69, 9.17) is 0 Å². The van der Waals surface area contributed by atoms with Gasteiger partial charge >= 0.3 is 0 Å². The van der Waals surface area contributed by atoms with E-state index in [1.165, 1.54) is 0 Å². The summed E-state index contributed by atoms with van der Waals surface area (Å²) >= 11 is 0. The highest BCUT2D eigenvalue weighted by Gasteiger charge is 2.40. The van der Waals surface area contributed by atoms with Gasteiger partial charge in [0.05, 0.1) is 12.1 Å². The minimum atomic E-state index is -0.644. The largest absolute Gasteiger partial charge is 0.508 e. The second-order valence-electron chi connectivity index (χ2n) is 18.4. The van der Waals surface area contributed by atoms with Gasteiger partial charge in [-0.15, -0.1) is 0 Å². The minimum Gasteiger partial charge on any atom is -0.508 e. The molecule has 0 bridgehead atoms. The van der Waals surface area contributed by atoms with E-state index >= 15 is 0 Å². The van der Waals surface area contributed by atoms with Gasteiger partial charge in [0.1, 0.15) is 23.6 Å². The highest BCUT2D eigenvalue weighted by Crippen LogP contribution is 2.30. The van der Waals surface area contributed by atoms with Crippen LogP contribution in [0.5, 0.6) is 11.5 Å². The summed E-state index contributed by atoms with van der Waals surface area (Å²) in [6, 6.07) is 20.6. The molecule has 4 N–H and O–H groups in total. The lowest BCUT2D eigenvalue weighted by molar-refractivity contribution is -0.145. The van der Waals surface area contributed by atoms with Crippen molar-refractivity contribution in [2.45, 2.75) is 116 Å².